The highest BCUT2D eigenvalue weighted by atomic mass is 32.2. The van der Waals surface area contributed by atoms with Gasteiger partial charge in [0.2, 0.25) is 11.1 Å². The van der Waals surface area contributed by atoms with Crippen molar-refractivity contribution in [3.8, 4) is 5.75 Å². The standard InChI is InChI=1S/C17H19N5O2S/c1-10-9-11(2)22-16(18-10)20-17(21-22)25-12(3)15(23)19-13-7-5-6-8-14(13)24-4/h5-9,12H,1-4H3,(H,19,23)/t12-/m0/s1. The molecule has 2 heterocycles. The number of carbonyl (C=O) groups is 1. The lowest BCUT2D eigenvalue weighted by Crippen LogP contribution is -2.22. The van der Waals surface area contributed by atoms with Crippen molar-refractivity contribution in [2.24, 2.45) is 0 Å². The van der Waals surface area contributed by atoms with Crippen molar-refractivity contribution < 1.29 is 9.53 Å². The number of thioether (sulfide) groups is 1. The molecule has 3 aromatic rings. The van der Waals surface area contributed by atoms with E-state index in [0.717, 1.165) is 11.4 Å². The van der Waals surface area contributed by atoms with E-state index in [4.69, 9.17) is 4.74 Å². The van der Waals surface area contributed by atoms with Gasteiger partial charge in [-0.1, -0.05) is 23.9 Å². The number of fused-ring (bicyclic) bond motifs is 1. The quantitative estimate of drug-likeness (QED) is 0.707. The van der Waals surface area contributed by atoms with Crippen LogP contribution in [0.15, 0.2) is 35.5 Å². The summed E-state index contributed by atoms with van der Waals surface area (Å²) >= 11 is 1.29. The Bertz CT molecular complexity index is 925. The number of hydrogen-bond acceptors (Lipinski definition) is 6. The van der Waals surface area contributed by atoms with Crippen LogP contribution in [0, 0.1) is 13.8 Å². The van der Waals surface area contributed by atoms with Crippen molar-refractivity contribution in [2.75, 3.05) is 12.4 Å². The molecule has 0 aliphatic rings. The molecule has 0 saturated heterocycles. The fourth-order valence-electron chi connectivity index (χ4n) is 2.39. The van der Waals surface area contributed by atoms with Crippen LogP contribution in [0.2, 0.25) is 0 Å². The highest BCUT2D eigenvalue weighted by Gasteiger charge is 2.19. The van der Waals surface area contributed by atoms with Crippen LogP contribution in [-0.4, -0.2) is 37.8 Å². The summed E-state index contributed by atoms with van der Waals surface area (Å²) in [4.78, 5) is 21.2. The van der Waals surface area contributed by atoms with Gasteiger partial charge >= 0.3 is 0 Å². The molecular weight excluding hydrogens is 338 g/mol. The maximum Gasteiger partial charge on any atom is 0.253 e. The van der Waals surface area contributed by atoms with E-state index in [1.807, 2.05) is 39.0 Å². The van der Waals surface area contributed by atoms with E-state index >= 15 is 0 Å². The molecule has 8 heteroatoms. The first-order chi connectivity index (χ1) is 12.0. The molecule has 0 saturated carbocycles. The average Bonchev–Trinajstić information content (AvgIpc) is 2.97. The van der Waals surface area contributed by atoms with Gasteiger partial charge in [0.1, 0.15) is 5.75 Å². The lowest BCUT2D eigenvalue weighted by atomic mass is 10.3. The summed E-state index contributed by atoms with van der Waals surface area (Å²) in [5.41, 5.74) is 2.47. The zero-order chi connectivity index (χ0) is 18.0. The van der Waals surface area contributed by atoms with Crippen LogP contribution in [-0.2, 0) is 4.79 Å². The van der Waals surface area contributed by atoms with Gasteiger partial charge in [-0.05, 0) is 39.0 Å². The third kappa shape index (κ3) is 3.74. The first kappa shape index (κ1) is 17.2. The summed E-state index contributed by atoms with van der Waals surface area (Å²) in [7, 11) is 1.57. The minimum Gasteiger partial charge on any atom is -0.495 e. The lowest BCUT2D eigenvalue weighted by molar-refractivity contribution is -0.115. The van der Waals surface area contributed by atoms with E-state index in [9.17, 15) is 4.79 Å². The molecule has 3 rings (SSSR count). The molecule has 0 fully saturated rings. The number of amides is 1. The van der Waals surface area contributed by atoms with E-state index in [-0.39, 0.29) is 11.2 Å². The molecule has 1 aromatic carbocycles. The van der Waals surface area contributed by atoms with Gasteiger partial charge < -0.3 is 10.1 Å². The Hall–Kier alpha value is -2.61. The van der Waals surface area contributed by atoms with Crippen LogP contribution in [0.4, 0.5) is 5.69 Å². The number of para-hydroxylation sites is 2. The van der Waals surface area contributed by atoms with Gasteiger partial charge in [0.05, 0.1) is 18.0 Å². The molecule has 0 radical (unpaired) electrons. The molecule has 1 N–H and O–H groups in total. The van der Waals surface area contributed by atoms with Crippen LogP contribution in [0.5, 0.6) is 5.75 Å². The summed E-state index contributed by atoms with van der Waals surface area (Å²) in [6, 6.07) is 9.23. The van der Waals surface area contributed by atoms with E-state index in [1.54, 1.807) is 23.8 Å². The fourth-order valence-corrected chi connectivity index (χ4v) is 3.14. The number of hydrogen-bond donors (Lipinski definition) is 1. The van der Waals surface area contributed by atoms with Crippen LogP contribution in [0.25, 0.3) is 5.78 Å². The number of anilines is 1. The summed E-state index contributed by atoms with van der Waals surface area (Å²) < 4.78 is 6.93. The molecule has 2 aromatic heterocycles. The lowest BCUT2D eigenvalue weighted by Gasteiger charge is -2.12. The number of aryl methyl sites for hydroxylation is 2. The summed E-state index contributed by atoms with van der Waals surface area (Å²) in [5, 5.41) is 7.44. The van der Waals surface area contributed by atoms with Gasteiger partial charge in [0.25, 0.3) is 5.78 Å². The predicted octanol–water partition coefficient (Wildman–Crippen LogP) is 2.87. The maximum absolute atomic E-state index is 12.5. The SMILES string of the molecule is COc1ccccc1NC(=O)[C@H](C)Sc1nc2nc(C)cc(C)n2n1. The van der Waals surface area contributed by atoms with E-state index in [2.05, 4.69) is 20.4 Å². The number of rotatable bonds is 5. The molecule has 0 aliphatic heterocycles. The minimum atomic E-state index is -0.372. The van der Waals surface area contributed by atoms with E-state index < -0.39 is 0 Å². The van der Waals surface area contributed by atoms with Gasteiger partial charge in [0.15, 0.2) is 0 Å². The van der Waals surface area contributed by atoms with Crippen molar-refractivity contribution in [3.63, 3.8) is 0 Å². The second kappa shape index (κ2) is 7.10. The number of ether oxygens (including phenoxy) is 1. The molecule has 1 atom stereocenters. The summed E-state index contributed by atoms with van der Waals surface area (Å²) in [5.74, 6) is 1.01. The Labute approximate surface area is 149 Å². The highest BCUT2D eigenvalue weighted by molar-refractivity contribution is 8.00. The molecule has 0 spiro atoms. The topological polar surface area (TPSA) is 81.4 Å². The summed E-state index contributed by atoms with van der Waals surface area (Å²) in [6.45, 7) is 5.67. The van der Waals surface area contributed by atoms with Crippen molar-refractivity contribution in [1.29, 1.82) is 0 Å². The van der Waals surface area contributed by atoms with Gasteiger partial charge in [-0.15, -0.1) is 5.10 Å². The molecule has 0 bridgehead atoms. The van der Waals surface area contributed by atoms with Crippen molar-refractivity contribution >= 4 is 29.1 Å². The number of carbonyl (C=O) groups excluding carboxylic acids is 1. The average molecular weight is 357 g/mol. The Morgan fingerprint density at radius 3 is 2.80 bits per heavy atom. The van der Waals surface area contributed by atoms with Gasteiger partial charge in [-0.25, -0.2) is 9.50 Å². The molecule has 7 nitrogen and oxygen atoms in total. The zero-order valence-corrected chi connectivity index (χ0v) is 15.3. The Morgan fingerprint density at radius 1 is 1.28 bits per heavy atom. The van der Waals surface area contributed by atoms with Crippen molar-refractivity contribution in [2.45, 2.75) is 31.2 Å². The molecule has 1 amide bonds. The van der Waals surface area contributed by atoms with Gasteiger partial charge in [-0.3, -0.25) is 4.79 Å². The van der Waals surface area contributed by atoms with E-state index in [0.29, 0.717) is 22.4 Å². The van der Waals surface area contributed by atoms with Crippen LogP contribution in [0.3, 0.4) is 0 Å². The Balaban J connectivity index is 1.74. The normalized spacial score (nSPS) is 12.2. The number of aromatic nitrogens is 4. The van der Waals surface area contributed by atoms with Crippen LogP contribution < -0.4 is 10.1 Å². The van der Waals surface area contributed by atoms with Crippen molar-refractivity contribution in [1.82, 2.24) is 19.6 Å². The Kier molecular flexibility index (Phi) is 4.89. The molecule has 25 heavy (non-hydrogen) atoms. The second-order valence-corrected chi connectivity index (χ2v) is 6.90. The zero-order valence-electron chi connectivity index (χ0n) is 14.5. The monoisotopic (exact) mass is 357 g/mol. The van der Waals surface area contributed by atoms with Crippen LogP contribution >= 0.6 is 11.8 Å². The van der Waals surface area contributed by atoms with Crippen LogP contribution in [0.1, 0.15) is 18.3 Å². The second-order valence-electron chi connectivity index (χ2n) is 5.59. The van der Waals surface area contributed by atoms with Gasteiger partial charge in [0, 0.05) is 11.4 Å². The highest BCUT2D eigenvalue weighted by Crippen LogP contribution is 2.26. The van der Waals surface area contributed by atoms with Crippen molar-refractivity contribution in [3.05, 3.63) is 41.7 Å². The minimum absolute atomic E-state index is 0.144. The number of methoxy groups -OCH3 is 1. The molecule has 0 unspecified atom stereocenters. The number of nitrogens with one attached hydrogen (secondary N) is 1. The molecule has 130 valence electrons. The summed E-state index contributed by atoms with van der Waals surface area (Å²) in [6.07, 6.45) is 0. The first-order valence-corrected chi connectivity index (χ1v) is 8.67. The largest absolute Gasteiger partial charge is 0.495 e. The third-order valence-electron chi connectivity index (χ3n) is 3.62. The number of nitrogens with zero attached hydrogens (tertiary/aromatic N) is 4. The maximum atomic E-state index is 12.5. The third-order valence-corrected chi connectivity index (χ3v) is 4.57. The number of benzene rings is 1. The van der Waals surface area contributed by atoms with Gasteiger partial charge in [-0.2, -0.15) is 4.98 Å². The molecular formula is C17H19N5O2S. The fraction of sp³-hybridized carbons (Fsp3) is 0.294. The predicted molar refractivity (Wildman–Crippen MR) is 97.2 cm³/mol. The molecule has 0 aliphatic carbocycles. The smallest absolute Gasteiger partial charge is 0.253 e. The Morgan fingerprint density at radius 2 is 2.04 bits per heavy atom. The van der Waals surface area contributed by atoms with E-state index in [1.165, 1.54) is 11.8 Å². The first-order valence-electron chi connectivity index (χ1n) is 7.79.